The lowest BCUT2D eigenvalue weighted by atomic mass is 10.0. The standard InChI is InChI=1S/C8H18FN/c1-7(2)4-3-5-8(9)6-10/h7-8H,3-6,10H2,1-2H3. The first-order chi connectivity index (χ1) is 4.66. The van der Waals surface area contributed by atoms with Gasteiger partial charge in [-0.1, -0.05) is 26.7 Å². The molecule has 0 radical (unpaired) electrons. The van der Waals surface area contributed by atoms with Crippen LogP contribution in [0.1, 0.15) is 33.1 Å². The topological polar surface area (TPSA) is 26.0 Å². The summed E-state index contributed by atoms with van der Waals surface area (Å²) in [4.78, 5) is 0. The van der Waals surface area contributed by atoms with Gasteiger partial charge in [-0.3, -0.25) is 0 Å². The Kier molecular flexibility index (Phi) is 5.60. The number of hydrogen-bond donors (Lipinski definition) is 1. The second-order valence-electron chi connectivity index (χ2n) is 3.16. The van der Waals surface area contributed by atoms with Gasteiger partial charge in [0.25, 0.3) is 0 Å². The Morgan fingerprint density at radius 2 is 1.90 bits per heavy atom. The van der Waals surface area contributed by atoms with Crippen molar-refractivity contribution in [2.75, 3.05) is 6.54 Å². The van der Waals surface area contributed by atoms with E-state index in [1.807, 2.05) is 0 Å². The molecular weight excluding hydrogens is 129 g/mol. The molecule has 0 bridgehead atoms. The Bertz CT molecular complexity index is 73.7. The Labute approximate surface area is 62.8 Å². The maximum Gasteiger partial charge on any atom is 0.112 e. The molecule has 10 heavy (non-hydrogen) atoms. The minimum Gasteiger partial charge on any atom is -0.328 e. The fourth-order valence-corrected chi connectivity index (χ4v) is 0.865. The first-order valence-electron chi connectivity index (χ1n) is 4.01. The van der Waals surface area contributed by atoms with Gasteiger partial charge >= 0.3 is 0 Å². The molecule has 0 spiro atoms. The molecule has 0 fully saturated rings. The molecule has 1 nitrogen and oxygen atoms in total. The van der Waals surface area contributed by atoms with E-state index < -0.39 is 6.17 Å². The van der Waals surface area contributed by atoms with Crippen LogP contribution in [-0.4, -0.2) is 12.7 Å². The van der Waals surface area contributed by atoms with Crippen molar-refractivity contribution in [1.82, 2.24) is 0 Å². The van der Waals surface area contributed by atoms with Crippen LogP contribution in [-0.2, 0) is 0 Å². The van der Waals surface area contributed by atoms with Gasteiger partial charge in [0.2, 0.25) is 0 Å². The predicted octanol–water partition coefficient (Wildman–Crippen LogP) is 2.11. The first kappa shape index (κ1) is 9.89. The van der Waals surface area contributed by atoms with E-state index >= 15 is 0 Å². The van der Waals surface area contributed by atoms with Crippen LogP contribution in [0, 0.1) is 5.92 Å². The van der Waals surface area contributed by atoms with Crippen molar-refractivity contribution in [3.05, 3.63) is 0 Å². The van der Waals surface area contributed by atoms with Crippen molar-refractivity contribution in [1.29, 1.82) is 0 Å². The molecule has 2 heteroatoms. The van der Waals surface area contributed by atoms with Gasteiger partial charge < -0.3 is 5.73 Å². The molecule has 0 saturated carbocycles. The largest absolute Gasteiger partial charge is 0.328 e. The summed E-state index contributed by atoms with van der Waals surface area (Å²) < 4.78 is 12.5. The van der Waals surface area contributed by atoms with Crippen molar-refractivity contribution in [3.63, 3.8) is 0 Å². The second-order valence-corrected chi connectivity index (χ2v) is 3.16. The third-order valence-electron chi connectivity index (χ3n) is 1.55. The Morgan fingerprint density at radius 3 is 2.30 bits per heavy atom. The number of nitrogens with two attached hydrogens (primary N) is 1. The molecule has 0 heterocycles. The Balaban J connectivity index is 3.03. The van der Waals surface area contributed by atoms with Gasteiger partial charge in [-0.25, -0.2) is 4.39 Å². The monoisotopic (exact) mass is 147 g/mol. The smallest absolute Gasteiger partial charge is 0.112 e. The molecule has 2 N–H and O–H groups in total. The highest BCUT2D eigenvalue weighted by Crippen LogP contribution is 2.09. The van der Waals surface area contributed by atoms with Gasteiger partial charge in [-0.15, -0.1) is 0 Å². The number of rotatable bonds is 5. The van der Waals surface area contributed by atoms with Crippen LogP contribution in [0.4, 0.5) is 4.39 Å². The van der Waals surface area contributed by atoms with Crippen molar-refractivity contribution in [2.45, 2.75) is 39.3 Å². The molecule has 0 amide bonds. The number of halogens is 1. The fourth-order valence-electron chi connectivity index (χ4n) is 0.865. The minimum atomic E-state index is -0.779. The summed E-state index contributed by atoms with van der Waals surface area (Å²) in [6.07, 6.45) is 1.93. The summed E-state index contributed by atoms with van der Waals surface area (Å²) in [5.41, 5.74) is 5.11. The lowest BCUT2D eigenvalue weighted by Gasteiger charge is -2.06. The lowest BCUT2D eigenvalue weighted by Crippen LogP contribution is -2.14. The average Bonchev–Trinajstić information content (AvgIpc) is 1.87. The molecule has 1 atom stereocenters. The summed E-state index contributed by atoms with van der Waals surface area (Å²) in [6.45, 7) is 4.48. The lowest BCUT2D eigenvalue weighted by molar-refractivity contribution is 0.308. The van der Waals surface area contributed by atoms with Gasteiger partial charge in [0, 0.05) is 6.54 Å². The van der Waals surface area contributed by atoms with Crippen LogP contribution in [0.15, 0.2) is 0 Å². The summed E-state index contributed by atoms with van der Waals surface area (Å²) in [5.74, 6) is 0.685. The van der Waals surface area contributed by atoms with Gasteiger partial charge in [-0.2, -0.15) is 0 Å². The van der Waals surface area contributed by atoms with E-state index in [1.165, 1.54) is 0 Å². The second kappa shape index (κ2) is 5.66. The van der Waals surface area contributed by atoms with Crippen molar-refractivity contribution >= 4 is 0 Å². The number of alkyl halides is 1. The van der Waals surface area contributed by atoms with E-state index in [1.54, 1.807) is 0 Å². The molecule has 1 unspecified atom stereocenters. The fraction of sp³-hybridized carbons (Fsp3) is 1.00. The van der Waals surface area contributed by atoms with Crippen LogP contribution in [0.2, 0.25) is 0 Å². The highest BCUT2D eigenvalue weighted by Gasteiger charge is 2.02. The molecule has 0 saturated heterocycles. The highest BCUT2D eigenvalue weighted by molar-refractivity contribution is 4.56. The zero-order valence-corrected chi connectivity index (χ0v) is 6.94. The molecule has 62 valence electrons. The molecule has 0 aliphatic carbocycles. The molecule has 0 aromatic rings. The van der Waals surface area contributed by atoms with Gasteiger partial charge in [-0.05, 0) is 12.3 Å². The molecule has 0 aromatic heterocycles. The van der Waals surface area contributed by atoms with Crippen LogP contribution in [0.5, 0.6) is 0 Å². The van der Waals surface area contributed by atoms with Gasteiger partial charge in [0.15, 0.2) is 0 Å². The van der Waals surface area contributed by atoms with Crippen LogP contribution in [0.3, 0.4) is 0 Å². The first-order valence-corrected chi connectivity index (χ1v) is 4.01. The van der Waals surface area contributed by atoms with E-state index in [2.05, 4.69) is 13.8 Å². The molecular formula is C8H18FN. The molecule has 0 aliphatic heterocycles. The quantitative estimate of drug-likeness (QED) is 0.633. The normalized spacial score (nSPS) is 14.1. The Morgan fingerprint density at radius 1 is 1.30 bits per heavy atom. The van der Waals surface area contributed by atoms with Crippen molar-refractivity contribution in [2.24, 2.45) is 11.7 Å². The SMILES string of the molecule is CC(C)CCCC(F)CN. The third-order valence-corrected chi connectivity index (χ3v) is 1.55. The van der Waals surface area contributed by atoms with Crippen LogP contribution in [0.25, 0.3) is 0 Å². The molecule has 0 rings (SSSR count). The zero-order chi connectivity index (χ0) is 7.98. The van der Waals surface area contributed by atoms with Crippen LogP contribution >= 0.6 is 0 Å². The zero-order valence-electron chi connectivity index (χ0n) is 6.94. The minimum absolute atomic E-state index is 0.179. The maximum atomic E-state index is 12.5. The van der Waals surface area contributed by atoms with E-state index in [4.69, 9.17) is 5.73 Å². The Hall–Kier alpha value is -0.110. The molecule has 0 aromatic carbocycles. The maximum absolute atomic E-state index is 12.5. The van der Waals surface area contributed by atoms with Gasteiger partial charge in [0.05, 0.1) is 0 Å². The predicted molar refractivity (Wildman–Crippen MR) is 42.6 cm³/mol. The van der Waals surface area contributed by atoms with Crippen molar-refractivity contribution < 1.29 is 4.39 Å². The highest BCUT2D eigenvalue weighted by atomic mass is 19.1. The summed E-state index contributed by atoms with van der Waals surface area (Å²) in [6, 6.07) is 0. The third kappa shape index (κ3) is 6.02. The van der Waals surface area contributed by atoms with Crippen molar-refractivity contribution in [3.8, 4) is 0 Å². The van der Waals surface area contributed by atoms with Gasteiger partial charge in [0.1, 0.15) is 6.17 Å². The van der Waals surface area contributed by atoms with E-state index in [0.29, 0.717) is 12.3 Å². The summed E-state index contributed by atoms with van der Waals surface area (Å²) in [5, 5.41) is 0. The molecule has 0 aliphatic rings. The number of hydrogen-bond acceptors (Lipinski definition) is 1. The average molecular weight is 147 g/mol. The van der Waals surface area contributed by atoms with Crippen LogP contribution < -0.4 is 5.73 Å². The summed E-state index contributed by atoms with van der Waals surface area (Å²) >= 11 is 0. The van der Waals surface area contributed by atoms with E-state index in [-0.39, 0.29) is 6.54 Å². The van der Waals surface area contributed by atoms with E-state index in [0.717, 1.165) is 12.8 Å². The van der Waals surface area contributed by atoms with E-state index in [9.17, 15) is 4.39 Å². The summed E-state index contributed by atoms with van der Waals surface area (Å²) in [7, 11) is 0.